The summed E-state index contributed by atoms with van der Waals surface area (Å²) >= 11 is 0. The van der Waals surface area contributed by atoms with Crippen LogP contribution in [0.25, 0.3) is 0 Å². The minimum Gasteiger partial charge on any atom is -0.494 e. The van der Waals surface area contributed by atoms with Gasteiger partial charge in [0, 0.05) is 0 Å². The Hall–Kier alpha value is -1.73. The lowest BCUT2D eigenvalue weighted by Gasteiger charge is -2.08. The second-order valence-corrected chi connectivity index (χ2v) is 3.37. The Labute approximate surface area is 95.6 Å². The van der Waals surface area contributed by atoms with Crippen LogP contribution < -0.4 is 15.2 Å². The molecule has 0 bridgehead atoms. The zero-order valence-electron chi connectivity index (χ0n) is 9.35. The lowest BCUT2D eigenvalue weighted by molar-refractivity contribution is 0.303. The van der Waals surface area contributed by atoms with Crippen molar-refractivity contribution in [1.82, 2.24) is 0 Å². The number of nitrogens with zero attached hydrogens (tertiary/aromatic N) is 1. The average molecular weight is 220 g/mol. The van der Waals surface area contributed by atoms with E-state index in [0.29, 0.717) is 12.4 Å². The monoisotopic (exact) mass is 220 g/mol. The van der Waals surface area contributed by atoms with Gasteiger partial charge in [-0.15, -0.1) is 0 Å². The van der Waals surface area contributed by atoms with Crippen molar-refractivity contribution in [2.45, 2.75) is 19.4 Å². The van der Waals surface area contributed by atoms with Gasteiger partial charge in [0.15, 0.2) is 0 Å². The lowest BCUT2D eigenvalue weighted by Crippen LogP contribution is -2.25. The Morgan fingerprint density at radius 1 is 1.25 bits per heavy atom. The summed E-state index contributed by atoms with van der Waals surface area (Å²) in [4.78, 5) is 0. The van der Waals surface area contributed by atoms with Gasteiger partial charge >= 0.3 is 0 Å². The number of nitrogens with two attached hydrogens (primary N) is 1. The van der Waals surface area contributed by atoms with Crippen LogP contribution in [0.15, 0.2) is 24.3 Å². The molecule has 1 rings (SSSR count). The first-order valence-corrected chi connectivity index (χ1v) is 5.27. The second kappa shape index (κ2) is 6.70. The second-order valence-electron chi connectivity index (χ2n) is 3.37. The summed E-state index contributed by atoms with van der Waals surface area (Å²) in [6, 6.07) is 8.59. The number of benzene rings is 1. The molecule has 0 aliphatic rings. The number of hydrogen-bond donors (Lipinski definition) is 1. The van der Waals surface area contributed by atoms with Crippen LogP contribution in [-0.2, 0) is 0 Å². The van der Waals surface area contributed by atoms with E-state index in [2.05, 4.69) is 6.92 Å². The molecule has 0 amide bonds. The van der Waals surface area contributed by atoms with E-state index >= 15 is 0 Å². The van der Waals surface area contributed by atoms with Crippen LogP contribution in [0, 0.1) is 11.3 Å². The largest absolute Gasteiger partial charge is 0.494 e. The van der Waals surface area contributed by atoms with Crippen molar-refractivity contribution in [3.63, 3.8) is 0 Å². The maximum absolute atomic E-state index is 8.48. The van der Waals surface area contributed by atoms with Gasteiger partial charge in [-0.3, -0.25) is 0 Å². The molecule has 1 aromatic carbocycles. The molecular formula is C12H16N2O2. The molecule has 0 aromatic heterocycles. The smallest absolute Gasteiger partial charge is 0.127 e. The van der Waals surface area contributed by atoms with Gasteiger partial charge in [0.1, 0.15) is 24.1 Å². The molecule has 0 radical (unpaired) electrons. The van der Waals surface area contributed by atoms with E-state index in [1.807, 2.05) is 18.2 Å². The Morgan fingerprint density at radius 2 is 1.81 bits per heavy atom. The third-order valence-corrected chi connectivity index (χ3v) is 1.89. The van der Waals surface area contributed by atoms with Gasteiger partial charge in [0.05, 0.1) is 12.7 Å². The van der Waals surface area contributed by atoms with Crippen molar-refractivity contribution in [2.75, 3.05) is 13.2 Å². The van der Waals surface area contributed by atoms with E-state index in [1.54, 1.807) is 12.1 Å². The quantitative estimate of drug-likeness (QED) is 0.792. The van der Waals surface area contributed by atoms with Crippen molar-refractivity contribution in [3.8, 4) is 17.6 Å². The molecule has 4 heteroatoms. The van der Waals surface area contributed by atoms with Crippen molar-refractivity contribution in [1.29, 1.82) is 5.26 Å². The van der Waals surface area contributed by atoms with Gasteiger partial charge in [0.2, 0.25) is 0 Å². The molecule has 86 valence electrons. The summed E-state index contributed by atoms with van der Waals surface area (Å²) in [6.07, 6.45) is 0.981. The van der Waals surface area contributed by atoms with E-state index in [1.165, 1.54) is 0 Å². The zero-order valence-corrected chi connectivity index (χ0v) is 9.35. The highest BCUT2D eigenvalue weighted by Gasteiger charge is 2.01. The van der Waals surface area contributed by atoms with Gasteiger partial charge in [-0.25, -0.2) is 0 Å². The Kier molecular flexibility index (Phi) is 5.17. The third-order valence-electron chi connectivity index (χ3n) is 1.89. The summed E-state index contributed by atoms with van der Waals surface area (Å²) in [6.45, 7) is 2.96. The molecule has 2 N–H and O–H groups in total. The van der Waals surface area contributed by atoms with Crippen LogP contribution in [-0.4, -0.2) is 19.3 Å². The van der Waals surface area contributed by atoms with Crippen LogP contribution >= 0.6 is 0 Å². The number of nitriles is 1. The van der Waals surface area contributed by atoms with E-state index in [0.717, 1.165) is 12.2 Å². The maximum atomic E-state index is 8.48. The first-order chi connectivity index (χ1) is 7.76. The normalized spacial score (nSPS) is 11.6. The topological polar surface area (TPSA) is 68.3 Å². The van der Waals surface area contributed by atoms with Crippen molar-refractivity contribution >= 4 is 0 Å². The summed E-state index contributed by atoms with van der Waals surface area (Å²) in [5, 5.41) is 8.48. The first-order valence-electron chi connectivity index (χ1n) is 5.27. The van der Waals surface area contributed by atoms with Gasteiger partial charge in [-0.05, 0) is 30.7 Å². The number of hydrogen-bond acceptors (Lipinski definition) is 4. The molecule has 16 heavy (non-hydrogen) atoms. The van der Waals surface area contributed by atoms with Crippen molar-refractivity contribution in [3.05, 3.63) is 24.3 Å². The molecule has 0 saturated heterocycles. The van der Waals surface area contributed by atoms with Crippen LogP contribution in [0.1, 0.15) is 13.3 Å². The lowest BCUT2D eigenvalue weighted by atomic mass is 10.3. The third kappa shape index (κ3) is 4.20. The van der Waals surface area contributed by atoms with E-state index in [4.69, 9.17) is 20.5 Å². The molecular weight excluding hydrogens is 204 g/mol. The SMILES string of the molecule is CCCOc1ccc(OCC(N)C#N)cc1. The number of rotatable bonds is 6. The van der Waals surface area contributed by atoms with E-state index in [-0.39, 0.29) is 6.61 Å². The molecule has 4 nitrogen and oxygen atoms in total. The molecule has 0 fully saturated rings. The molecule has 0 saturated carbocycles. The molecule has 1 aromatic rings. The first kappa shape index (κ1) is 12.3. The minimum absolute atomic E-state index is 0.200. The van der Waals surface area contributed by atoms with Crippen molar-refractivity contribution in [2.24, 2.45) is 5.73 Å². The van der Waals surface area contributed by atoms with Gasteiger partial charge < -0.3 is 15.2 Å². The predicted molar refractivity (Wildman–Crippen MR) is 61.3 cm³/mol. The summed E-state index contributed by atoms with van der Waals surface area (Å²) in [7, 11) is 0. The van der Waals surface area contributed by atoms with Gasteiger partial charge in [0.25, 0.3) is 0 Å². The molecule has 1 atom stereocenters. The zero-order chi connectivity index (χ0) is 11.8. The standard InChI is InChI=1S/C12H16N2O2/c1-2-7-15-11-3-5-12(6-4-11)16-9-10(14)8-13/h3-6,10H,2,7,9,14H2,1H3. The maximum Gasteiger partial charge on any atom is 0.127 e. The summed E-state index contributed by atoms with van der Waals surface area (Å²) in [5.41, 5.74) is 5.41. The molecule has 0 spiro atoms. The minimum atomic E-state index is -0.587. The van der Waals surface area contributed by atoms with Crippen LogP contribution in [0.2, 0.25) is 0 Å². The van der Waals surface area contributed by atoms with Gasteiger partial charge in [-0.2, -0.15) is 5.26 Å². The van der Waals surface area contributed by atoms with Crippen LogP contribution in [0.5, 0.6) is 11.5 Å². The Balaban J connectivity index is 2.42. The highest BCUT2D eigenvalue weighted by atomic mass is 16.5. The average Bonchev–Trinajstić information content (AvgIpc) is 2.34. The Bertz CT molecular complexity index is 343. The van der Waals surface area contributed by atoms with Gasteiger partial charge in [-0.1, -0.05) is 6.92 Å². The fourth-order valence-corrected chi connectivity index (χ4v) is 1.08. The molecule has 0 heterocycles. The van der Waals surface area contributed by atoms with E-state index < -0.39 is 6.04 Å². The highest BCUT2D eigenvalue weighted by Crippen LogP contribution is 2.17. The number of ether oxygens (including phenoxy) is 2. The predicted octanol–water partition coefficient (Wildman–Crippen LogP) is 1.71. The van der Waals surface area contributed by atoms with Crippen molar-refractivity contribution < 1.29 is 9.47 Å². The molecule has 1 unspecified atom stereocenters. The van der Waals surface area contributed by atoms with Crippen LogP contribution in [0.4, 0.5) is 0 Å². The summed E-state index contributed by atoms with van der Waals surface area (Å²) < 4.78 is 10.7. The fraction of sp³-hybridized carbons (Fsp3) is 0.417. The Morgan fingerprint density at radius 3 is 2.31 bits per heavy atom. The van der Waals surface area contributed by atoms with Crippen LogP contribution in [0.3, 0.4) is 0 Å². The highest BCUT2D eigenvalue weighted by molar-refractivity contribution is 5.31. The fourth-order valence-electron chi connectivity index (χ4n) is 1.08. The molecule has 0 aliphatic heterocycles. The van der Waals surface area contributed by atoms with E-state index in [9.17, 15) is 0 Å². The summed E-state index contributed by atoms with van der Waals surface area (Å²) in [5.74, 6) is 1.51. The molecule has 0 aliphatic carbocycles.